The second-order valence-corrected chi connectivity index (χ2v) is 6.22. The molecule has 1 atom stereocenters. The van der Waals surface area contributed by atoms with Crippen molar-refractivity contribution < 1.29 is 28.8 Å². The molecule has 0 spiro atoms. The van der Waals surface area contributed by atoms with Crippen LogP contribution in [0, 0.1) is 5.92 Å². The quantitative estimate of drug-likeness (QED) is 0.672. The zero-order valence-electron chi connectivity index (χ0n) is 14.2. The summed E-state index contributed by atoms with van der Waals surface area (Å²) in [6.45, 7) is 0.543. The lowest BCUT2D eigenvalue weighted by molar-refractivity contribution is -0.135. The molecule has 0 unspecified atom stereocenters. The van der Waals surface area contributed by atoms with Crippen molar-refractivity contribution in [3.63, 3.8) is 0 Å². The molecular formula is C20H18O6. The summed E-state index contributed by atoms with van der Waals surface area (Å²) in [5, 5.41) is 9.72. The highest BCUT2D eigenvalue weighted by Gasteiger charge is 2.31. The fraction of sp³-hybridized carbons (Fsp3) is 0.250. The Hall–Kier alpha value is -3.15. The van der Waals surface area contributed by atoms with Gasteiger partial charge in [0.2, 0.25) is 6.79 Å². The van der Waals surface area contributed by atoms with E-state index in [-0.39, 0.29) is 24.4 Å². The van der Waals surface area contributed by atoms with E-state index in [4.69, 9.17) is 18.9 Å². The van der Waals surface area contributed by atoms with Gasteiger partial charge in [0.05, 0.1) is 13.7 Å². The number of carbonyl (C=O) groups is 1. The van der Waals surface area contributed by atoms with E-state index >= 15 is 0 Å². The molecule has 0 radical (unpaired) electrons. The van der Waals surface area contributed by atoms with Gasteiger partial charge in [-0.05, 0) is 47.9 Å². The number of phenols is 1. The topological polar surface area (TPSA) is 74.2 Å². The standard InChI is InChI=1S/C20H18O6/c1-23-18-8-12(2-4-16(18)21)6-14-10-24-20(22)15(14)7-13-3-5-17-19(9-13)26-11-25-17/h2-5,7-9,14,21H,6,10-11H2,1H3/t14-/m1/s1. The number of cyclic esters (lactones) is 1. The fourth-order valence-corrected chi connectivity index (χ4v) is 3.18. The number of rotatable bonds is 4. The molecule has 2 aliphatic rings. The Labute approximate surface area is 150 Å². The Balaban J connectivity index is 1.59. The molecule has 6 heteroatoms. The van der Waals surface area contributed by atoms with Crippen molar-refractivity contribution >= 4 is 12.0 Å². The summed E-state index contributed by atoms with van der Waals surface area (Å²) in [6.07, 6.45) is 2.44. The van der Waals surface area contributed by atoms with Crippen LogP contribution in [0.5, 0.6) is 23.0 Å². The Bertz CT molecular complexity index is 886. The Kier molecular flexibility index (Phi) is 4.16. The van der Waals surface area contributed by atoms with Crippen LogP contribution >= 0.6 is 0 Å². The number of benzene rings is 2. The van der Waals surface area contributed by atoms with Gasteiger partial charge in [0.25, 0.3) is 0 Å². The molecule has 6 nitrogen and oxygen atoms in total. The average molecular weight is 354 g/mol. The van der Waals surface area contributed by atoms with Crippen LogP contribution in [0.1, 0.15) is 11.1 Å². The van der Waals surface area contributed by atoms with Crippen molar-refractivity contribution in [1.29, 1.82) is 0 Å². The maximum atomic E-state index is 12.2. The van der Waals surface area contributed by atoms with Gasteiger partial charge in [-0.2, -0.15) is 0 Å². The first-order chi connectivity index (χ1) is 12.6. The molecule has 4 rings (SSSR count). The summed E-state index contributed by atoms with van der Waals surface area (Å²) in [5.41, 5.74) is 2.44. The molecule has 0 saturated carbocycles. The molecule has 0 amide bonds. The molecule has 2 heterocycles. The summed E-state index contributed by atoms with van der Waals surface area (Å²) in [4.78, 5) is 12.2. The highest BCUT2D eigenvalue weighted by Crippen LogP contribution is 2.35. The van der Waals surface area contributed by atoms with Crippen LogP contribution in [-0.2, 0) is 16.0 Å². The van der Waals surface area contributed by atoms with Crippen LogP contribution in [0.15, 0.2) is 42.0 Å². The first-order valence-corrected chi connectivity index (χ1v) is 8.28. The number of hydrogen-bond acceptors (Lipinski definition) is 6. The number of esters is 1. The molecule has 0 bridgehead atoms. The third kappa shape index (κ3) is 3.06. The van der Waals surface area contributed by atoms with Crippen molar-refractivity contribution in [2.45, 2.75) is 6.42 Å². The molecule has 1 N–H and O–H groups in total. The van der Waals surface area contributed by atoms with Crippen molar-refractivity contribution in [3.05, 3.63) is 53.1 Å². The Morgan fingerprint density at radius 1 is 1.15 bits per heavy atom. The number of carbonyl (C=O) groups excluding carboxylic acids is 1. The lowest BCUT2D eigenvalue weighted by Crippen LogP contribution is -2.07. The van der Waals surface area contributed by atoms with Crippen molar-refractivity contribution in [2.75, 3.05) is 20.5 Å². The summed E-state index contributed by atoms with van der Waals surface area (Å²) in [7, 11) is 1.51. The SMILES string of the molecule is COc1cc(C[C@@H]2COC(=O)C2=Cc2ccc3c(c2)OCO3)ccc1O. The normalized spacial score (nSPS) is 19.7. The molecule has 134 valence electrons. The van der Waals surface area contributed by atoms with Crippen LogP contribution in [0.25, 0.3) is 6.08 Å². The highest BCUT2D eigenvalue weighted by atomic mass is 16.7. The molecule has 2 aromatic rings. The smallest absolute Gasteiger partial charge is 0.334 e. The predicted octanol–water partition coefficient (Wildman–Crippen LogP) is 2.93. The fourth-order valence-electron chi connectivity index (χ4n) is 3.18. The summed E-state index contributed by atoms with van der Waals surface area (Å²) in [6, 6.07) is 10.7. The maximum Gasteiger partial charge on any atom is 0.334 e. The van der Waals surface area contributed by atoms with Gasteiger partial charge in [-0.25, -0.2) is 4.79 Å². The molecule has 1 saturated heterocycles. The van der Waals surface area contributed by atoms with E-state index in [0.29, 0.717) is 35.8 Å². The van der Waals surface area contributed by atoms with E-state index in [1.807, 2.05) is 30.3 Å². The van der Waals surface area contributed by atoms with E-state index in [1.165, 1.54) is 7.11 Å². The second-order valence-electron chi connectivity index (χ2n) is 6.22. The van der Waals surface area contributed by atoms with Crippen LogP contribution in [0.2, 0.25) is 0 Å². The lowest BCUT2D eigenvalue weighted by Gasteiger charge is -2.11. The van der Waals surface area contributed by atoms with Gasteiger partial charge in [0, 0.05) is 11.5 Å². The van der Waals surface area contributed by atoms with Gasteiger partial charge < -0.3 is 24.1 Å². The zero-order valence-corrected chi connectivity index (χ0v) is 14.2. The average Bonchev–Trinajstić information content (AvgIpc) is 3.24. The number of ether oxygens (including phenoxy) is 4. The van der Waals surface area contributed by atoms with Crippen LogP contribution in [0.4, 0.5) is 0 Å². The maximum absolute atomic E-state index is 12.2. The third-order valence-electron chi connectivity index (χ3n) is 4.54. The summed E-state index contributed by atoms with van der Waals surface area (Å²) < 4.78 is 21.1. The van der Waals surface area contributed by atoms with Gasteiger partial charge in [-0.15, -0.1) is 0 Å². The van der Waals surface area contributed by atoms with Gasteiger partial charge >= 0.3 is 5.97 Å². The van der Waals surface area contributed by atoms with E-state index in [1.54, 1.807) is 12.1 Å². The molecule has 26 heavy (non-hydrogen) atoms. The number of fused-ring (bicyclic) bond motifs is 1. The number of phenolic OH excluding ortho intramolecular Hbond substituents is 1. The van der Waals surface area contributed by atoms with Gasteiger partial charge in [-0.3, -0.25) is 0 Å². The van der Waals surface area contributed by atoms with Crippen molar-refractivity contribution in [3.8, 4) is 23.0 Å². The molecule has 0 aromatic heterocycles. The molecular weight excluding hydrogens is 336 g/mol. The molecule has 0 aliphatic carbocycles. The number of methoxy groups -OCH3 is 1. The van der Waals surface area contributed by atoms with Gasteiger partial charge in [-0.1, -0.05) is 12.1 Å². The van der Waals surface area contributed by atoms with Crippen LogP contribution in [0.3, 0.4) is 0 Å². The third-order valence-corrected chi connectivity index (χ3v) is 4.54. The summed E-state index contributed by atoms with van der Waals surface area (Å²) in [5.74, 6) is 1.50. The molecule has 2 aromatic carbocycles. The predicted molar refractivity (Wildman–Crippen MR) is 93.4 cm³/mol. The van der Waals surface area contributed by atoms with E-state index in [9.17, 15) is 9.90 Å². The summed E-state index contributed by atoms with van der Waals surface area (Å²) >= 11 is 0. The minimum absolute atomic E-state index is 0.0674. The largest absolute Gasteiger partial charge is 0.504 e. The van der Waals surface area contributed by atoms with E-state index in [0.717, 1.165) is 11.1 Å². The minimum atomic E-state index is -0.307. The Morgan fingerprint density at radius 3 is 2.85 bits per heavy atom. The first-order valence-electron chi connectivity index (χ1n) is 8.28. The van der Waals surface area contributed by atoms with Crippen molar-refractivity contribution in [1.82, 2.24) is 0 Å². The van der Waals surface area contributed by atoms with Crippen LogP contribution < -0.4 is 14.2 Å². The van der Waals surface area contributed by atoms with Gasteiger partial charge in [0.1, 0.15) is 0 Å². The minimum Gasteiger partial charge on any atom is -0.504 e. The van der Waals surface area contributed by atoms with E-state index < -0.39 is 0 Å². The second kappa shape index (κ2) is 6.63. The van der Waals surface area contributed by atoms with Crippen molar-refractivity contribution in [2.24, 2.45) is 5.92 Å². The highest BCUT2D eigenvalue weighted by molar-refractivity contribution is 5.96. The zero-order chi connectivity index (χ0) is 18.1. The number of aromatic hydroxyl groups is 1. The number of hydrogen-bond donors (Lipinski definition) is 1. The monoisotopic (exact) mass is 354 g/mol. The van der Waals surface area contributed by atoms with E-state index in [2.05, 4.69) is 0 Å². The van der Waals surface area contributed by atoms with Gasteiger partial charge in [0.15, 0.2) is 23.0 Å². The molecule has 1 fully saturated rings. The lowest BCUT2D eigenvalue weighted by atomic mass is 9.92. The first kappa shape index (κ1) is 16.3. The molecule has 2 aliphatic heterocycles. The van der Waals surface area contributed by atoms with Crippen LogP contribution in [-0.4, -0.2) is 31.6 Å². The Morgan fingerprint density at radius 2 is 2.00 bits per heavy atom.